The SMILES string of the molecule is CCCCCCCCCCCCCCCCCCN(C)S(=O)(=O)c1ccc(-n2oc(C(C)(C)C)c(CCl)c2=O)c([N+](=O)[O-])c1. The van der Waals surface area contributed by atoms with Crippen molar-refractivity contribution < 1.29 is 17.9 Å². The summed E-state index contributed by atoms with van der Waals surface area (Å²) in [5, 5.41) is 12.0. The summed E-state index contributed by atoms with van der Waals surface area (Å²) in [7, 11) is -2.48. The van der Waals surface area contributed by atoms with Gasteiger partial charge in [0.05, 0.1) is 21.3 Å². The van der Waals surface area contributed by atoms with Crippen molar-refractivity contribution in [2.24, 2.45) is 0 Å². The van der Waals surface area contributed by atoms with Crippen LogP contribution in [-0.4, -0.2) is 36.0 Å². The molecule has 1 heterocycles. The number of aromatic nitrogens is 1. The predicted octanol–water partition coefficient (Wildman–Crippen LogP) is 9.26. The Kier molecular flexibility index (Phi) is 16.2. The minimum atomic E-state index is -3.97. The van der Waals surface area contributed by atoms with E-state index < -0.39 is 31.6 Å². The molecule has 0 spiro atoms. The lowest BCUT2D eigenvalue weighted by molar-refractivity contribution is -0.385. The first kappa shape index (κ1) is 38.0. The molecular weight excluding hydrogens is 602 g/mol. The van der Waals surface area contributed by atoms with Gasteiger partial charge in [0.1, 0.15) is 5.76 Å². The van der Waals surface area contributed by atoms with Gasteiger partial charge in [-0.05, 0) is 18.6 Å². The van der Waals surface area contributed by atoms with E-state index in [0.29, 0.717) is 18.7 Å². The standard InChI is InChI=1S/C33H54ClN3O6S/c1-6-7-8-9-10-11-12-13-14-15-16-17-18-19-20-21-24-35(5)44(41,42)27-22-23-29(30(25-27)37(39)40)36-32(38)28(26-34)31(43-36)33(2,3)4/h22-23,25H,6-21,24,26H2,1-5H3. The lowest BCUT2D eigenvalue weighted by Gasteiger charge is -2.17. The van der Waals surface area contributed by atoms with Gasteiger partial charge in [-0.25, -0.2) is 12.7 Å². The molecule has 44 heavy (non-hydrogen) atoms. The molecule has 2 aromatic rings. The number of nitrogens with zero attached hydrogens (tertiary/aromatic N) is 3. The maximum absolute atomic E-state index is 13.2. The fraction of sp³-hybridized carbons (Fsp3) is 0.727. The number of benzene rings is 1. The molecule has 2 rings (SSSR count). The molecule has 0 aliphatic rings. The highest BCUT2D eigenvalue weighted by molar-refractivity contribution is 7.89. The third-order valence-corrected chi connectivity index (χ3v) is 10.2. The molecule has 0 unspecified atom stereocenters. The van der Waals surface area contributed by atoms with Crippen molar-refractivity contribution >= 4 is 27.3 Å². The number of rotatable bonds is 22. The Labute approximate surface area is 269 Å². The number of nitro groups is 1. The zero-order valence-corrected chi connectivity index (χ0v) is 29.1. The fourth-order valence-corrected chi connectivity index (χ4v) is 6.90. The van der Waals surface area contributed by atoms with Crippen molar-refractivity contribution in [2.45, 2.75) is 147 Å². The molecule has 11 heteroatoms. The molecule has 0 radical (unpaired) electrons. The third-order valence-electron chi connectivity index (χ3n) is 8.11. The summed E-state index contributed by atoms with van der Waals surface area (Å²) in [6, 6.07) is 3.50. The van der Waals surface area contributed by atoms with E-state index in [9.17, 15) is 23.3 Å². The smallest absolute Gasteiger partial charge is 0.297 e. The van der Waals surface area contributed by atoms with Crippen molar-refractivity contribution in [3.8, 4) is 5.69 Å². The largest absolute Gasteiger partial charge is 0.375 e. The Balaban J connectivity index is 1.84. The molecule has 0 aliphatic carbocycles. The van der Waals surface area contributed by atoms with E-state index in [1.54, 1.807) is 0 Å². The molecule has 9 nitrogen and oxygen atoms in total. The summed E-state index contributed by atoms with van der Waals surface area (Å²) in [6.07, 6.45) is 19.8. The number of sulfonamides is 1. The van der Waals surface area contributed by atoms with E-state index >= 15 is 0 Å². The van der Waals surface area contributed by atoms with Gasteiger partial charge in [-0.3, -0.25) is 14.9 Å². The van der Waals surface area contributed by atoms with Crippen LogP contribution in [0, 0.1) is 10.1 Å². The first-order chi connectivity index (χ1) is 20.9. The molecular formula is C33H54ClN3O6S. The highest BCUT2D eigenvalue weighted by Crippen LogP contribution is 2.31. The van der Waals surface area contributed by atoms with Crippen LogP contribution in [0.3, 0.4) is 0 Å². The van der Waals surface area contributed by atoms with Crippen molar-refractivity contribution in [3.05, 3.63) is 50.0 Å². The van der Waals surface area contributed by atoms with Gasteiger partial charge in [-0.15, -0.1) is 16.3 Å². The van der Waals surface area contributed by atoms with Crippen LogP contribution in [0.2, 0.25) is 0 Å². The zero-order chi connectivity index (χ0) is 32.8. The topological polar surface area (TPSA) is 116 Å². The molecule has 250 valence electrons. The zero-order valence-electron chi connectivity index (χ0n) is 27.5. The monoisotopic (exact) mass is 655 g/mol. The highest BCUT2D eigenvalue weighted by atomic mass is 35.5. The minimum Gasteiger partial charge on any atom is -0.375 e. The number of unbranched alkanes of at least 4 members (excludes halogenated alkanes) is 15. The Morgan fingerprint density at radius 1 is 0.886 bits per heavy atom. The Morgan fingerprint density at radius 3 is 1.77 bits per heavy atom. The number of halogens is 1. The van der Waals surface area contributed by atoms with E-state index in [-0.39, 0.29) is 22.0 Å². The van der Waals surface area contributed by atoms with E-state index in [4.69, 9.17) is 16.1 Å². The molecule has 0 amide bonds. The molecule has 1 aromatic carbocycles. The van der Waals surface area contributed by atoms with Gasteiger partial charge in [0.15, 0.2) is 5.69 Å². The average molecular weight is 656 g/mol. The Hall–Kier alpha value is -2.17. The minimum absolute atomic E-state index is 0.119. The van der Waals surface area contributed by atoms with E-state index in [1.165, 1.54) is 101 Å². The van der Waals surface area contributed by atoms with Crippen LogP contribution < -0.4 is 5.56 Å². The van der Waals surface area contributed by atoms with Gasteiger partial charge >= 0.3 is 0 Å². The van der Waals surface area contributed by atoms with Crippen LogP contribution >= 0.6 is 11.6 Å². The Morgan fingerprint density at radius 2 is 1.36 bits per heavy atom. The van der Waals surface area contributed by atoms with Crippen molar-refractivity contribution in [1.82, 2.24) is 9.05 Å². The lowest BCUT2D eigenvalue weighted by Crippen LogP contribution is -2.28. The number of hydrogen-bond acceptors (Lipinski definition) is 6. The first-order valence-electron chi connectivity index (χ1n) is 16.4. The second-order valence-corrected chi connectivity index (χ2v) is 15.2. The third kappa shape index (κ3) is 11.3. The van der Waals surface area contributed by atoms with Gasteiger partial charge < -0.3 is 4.52 Å². The summed E-state index contributed by atoms with van der Waals surface area (Å²) in [5.74, 6) is 0.203. The molecule has 0 N–H and O–H groups in total. The molecule has 0 atom stereocenters. The molecule has 0 aliphatic heterocycles. The van der Waals surface area contributed by atoms with Crippen LogP contribution in [0.5, 0.6) is 0 Å². The summed E-state index contributed by atoms with van der Waals surface area (Å²) >= 11 is 6.00. The maximum atomic E-state index is 13.2. The quantitative estimate of drug-likeness (QED) is 0.0540. The second kappa shape index (κ2) is 18.7. The number of hydrogen-bond donors (Lipinski definition) is 0. The van der Waals surface area contributed by atoms with Crippen LogP contribution in [-0.2, 0) is 21.3 Å². The van der Waals surface area contributed by atoms with Gasteiger partial charge in [0, 0.05) is 25.1 Å². The van der Waals surface area contributed by atoms with Crippen molar-refractivity contribution in [1.29, 1.82) is 0 Å². The summed E-state index contributed by atoms with van der Waals surface area (Å²) in [4.78, 5) is 24.0. The molecule has 0 saturated carbocycles. The van der Waals surface area contributed by atoms with Gasteiger partial charge in [-0.1, -0.05) is 124 Å². The summed E-state index contributed by atoms with van der Waals surface area (Å²) < 4.78 is 34.3. The average Bonchev–Trinajstić information content (AvgIpc) is 3.32. The molecule has 0 saturated heterocycles. The fourth-order valence-electron chi connectivity index (χ4n) is 5.44. The maximum Gasteiger partial charge on any atom is 0.297 e. The summed E-state index contributed by atoms with van der Waals surface area (Å²) in [6.45, 7) is 8.09. The van der Waals surface area contributed by atoms with Crippen LogP contribution in [0.15, 0.2) is 32.4 Å². The van der Waals surface area contributed by atoms with Crippen LogP contribution in [0.25, 0.3) is 5.69 Å². The van der Waals surface area contributed by atoms with Gasteiger partial charge in [0.2, 0.25) is 10.0 Å². The van der Waals surface area contributed by atoms with Gasteiger partial charge in [0.25, 0.3) is 11.2 Å². The van der Waals surface area contributed by atoms with Crippen LogP contribution in [0.4, 0.5) is 5.69 Å². The number of alkyl halides is 1. The van der Waals surface area contributed by atoms with E-state index in [1.807, 2.05) is 20.8 Å². The predicted molar refractivity (Wildman–Crippen MR) is 179 cm³/mol. The van der Waals surface area contributed by atoms with Gasteiger partial charge in [-0.2, -0.15) is 0 Å². The van der Waals surface area contributed by atoms with E-state index in [0.717, 1.165) is 30.1 Å². The normalized spacial score (nSPS) is 12.3. The van der Waals surface area contributed by atoms with Crippen molar-refractivity contribution in [3.63, 3.8) is 0 Å². The van der Waals surface area contributed by atoms with Crippen molar-refractivity contribution in [2.75, 3.05) is 13.6 Å². The Bertz CT molecular complexity index is 1330. The summed E-state index contributed by atoms with van der Waals surface area (Å²) in [5.41, 5.74) is -1.66. The molecule has 0 fully saturated rings. The molecule has 0 bridgehead atoms. The number of nitro benzene ring substituents is 1. The van der Waals surface area contributed by atoms with E-state index in [2.05, 4.69) is 6.92 Å². The second-order valence-electron chi connectivity index (χ2n) is 12.9. The highest BCUT2D eigenvalue weighted by Gasteiger charge is 2.31. The van der Waals surface area contributed by atoms with Crippen LogP contribution in [0.1, 0.15) is 142 Å². The first-order valence-corrected chi connectivity index (χ1v) is 18.4. The lowest BCUT2D eigenvalue weighted by atomic mass is 9.91. The molecule has 1 aromatic heterocycles.